The van der Waals surface area contributed by atoms with Gasteiger partial charge < -0.3 is 15.5 Å². The SMILES string of the molecule is CC(CO)(CO)CNCc1sccc1Br. The van der Waals surface area contributed by atoms with E-state index >= 15 is 0 Å². The van der Waals surface area contributed by atoms with Crippen molar-refractivity contribution in [3.05, 3.63) is 20.8 Å². The molecule has 0 amide bonds. The maximum Gasteiger partial charge on any atom is 0.0518 e. The van der Waals surface area contributed by atoms with Gasteiger partial charge in [-0.3, -0.25) is 0 Å². The van der Waals surface area contributed by atoms with Crippen molar-refractivity contribution in [2.45, 2.75) is 13.5 Å². The third kappa shape index (κ3) is 3.85. The molecule has 0 radical (unpaired) electrons. The van der Waals surface area contributed by atoms with Crippen molar-refractivity contribution < 1.29 is 10.2 Å². The summed E-state index contributed by atoms with van der Waals surface area (Å²) >= 11 is 5.13. The summed E-state index contributed by atoms with van der Waals surface area (Å²) in [6.07, 6.45) is 0. The van der Waals surface area contributed by atoms with Crippen molar-refractivity contribution >= 4 is 27.3 Å². The van der Waals surface area contributed by atoms with Crippen LogP contribution in [0, 0.1) is 5.41 Å². The third-order valence-corrected chi connectivity index (χ3v) is 4.22. The first-order valence-electron chi connectivity index (χ1n) is 4.75. The topological polar surface area (TPSA) is 52.5 Å². The van der Waals surface area contributed by atoms with Crippen molar-refractivity contribution in [2.75, 3.05) is 19.8 Å². The fourth-order valence-electron chi connectivity index (χ4n) is 1.09. The van der Waals surface area contributed by atoms with Crippen molar-refractivity contribution in [2.24, 2.45) is 5.41 Å². The van der Waals surface area contributed by atoms with Crippen LogP contribution < -0.4 is 5.32 Å². The van der Waals surface area contributed by atoms with Gasteiger partial charge in [-0.15, -0.1) is 11.3 Å². The highest BCUT2D eigenvalue weighted by Crippen LogP contribution is 2.22. The van der Waals surface area contributed by atoms with Crippen molar-refractivity contribution in [1.82, 2.24) is 5.32 Å². The Morgan fingerprint density at radius 3 is 2.60 bits per heavy atom. The van der Waals surface area contributed by atoms with Crippen molar-refractivity contribution in [3.8, 4) is 0 Å². The molecule has 0 fully saturated rings. The van der Waals surface area contributed by atoms with Crippen LogP contribution in [0.3, 0.4) is 0 Å². The summed E-state index contributed by atoms with van der Waals surface area (Å²) in [6.45, 7) is 3.19. The first-order chi connectivity index (χ1) is 7.11. The molecule has 15 heavy (non-hydrogen) atoms. The lowest BCUT2D eigenvalue weighted by molar-refractivity contribution is 0.0696. The van der Waals surface area contributed by atoms with Gasteiger partial charge in [0.2, 0.25) is 0 Å². The molecule has 0 aliphatic rings. The summed E-state index contributed by atoms with van der Waals surface area (Å²) < 4.78 is 1.11. The Bertz CT molecular complexity index is 299. The van der Waals surface area contributed by atoms with Gasteiger partial charge in [0.15, 0.2) is 0 Å². The zero-order valence-electron chi connectivity index (χ0n) is 8.66. The van der Waals surface area contributed by atoms with Crippen LogP contribution in [0.15, 0.2) is 15.9 Å². The molecule has 1 aromatic heterocycles. The number of halogens is 1. The molecule has 3 N–H and O–H groups in total. The van der Waals surface area contributed by atoms with Crippen LogP contribution in [0.5, 0.6) is 0 Å². The van der Waals surface area contributed by atoms with Crippen LogP contribution in [0.4, 0.5) is 0 Å². The number of aliphatic hydroxyl groups excluding tert-OH is 2. The van der Waals surface area contributed by atoms with E-state index in [1.807, 2.05) is 18.4 Å². The molecule has 0 aromatic carbocycles. The maximum absolute atomic E-state index is 9.09. The van der Waals surface area contributed by atoms with E-state index in [-0.39, 0.29) is 13.2 Å². The number of thiophene rings is 1. The molecular weight excluding hydrogens is 278 g/mol. The molecule has 0 saturated heterocycles. The van der Waals surface area contributed by atoms with Gasteiger partial charge in [-0.1, -0.05) is 6.92 Å². The number of aliphatic hydroxyl groups is 2. The van der Waals surface area contributed by atoms with Crippen LogP contribution in [0.2, 0.25) is 0 Å². The lowest BCUT2D eigenvalue weighted by atomic mass is 9.93. The van der Waals surface area contributed by atoms with Gasteiger partial charge in [0.1, 0.15) is 0 Å². The molecule has 86 valence electrons. The molecule has 0 saturated carbocycles. The largest absolute Gasteiger partial charge is 0.396 e. The smallest absolute Gasteiger partial charge is 0.0518 e. The maximum atomic E-state index is 9.09. The highest BCUT2D eigenvalue weighted by Gasteiger charge is 2.21. The summed E-state index contributed by atoms with van der Waals surface area (Å²) in [5.41, 5.74) is -0.441. The van der Waals surface area contributed by atoms with E-state index in [1.165, 1.54) is 4.88 Å². The molecule has 0 aliphatic carbocycles. The monoisotopic (exact) mass is 293 g/mol. The minimum Gasteiger partial charge on any atom is -0.396 e. The first kappa shape index (κ1) is 13.1. The molecule has 1 heterocycles. The predicted octanol–water partition coefficient (Wildman–Crippen LogP) is 1.59. The lowest BCUT2D eigenvalue weighted by Crippen LogP contribution is -2.37. The van der Waals surface area contributed by atoms with Gasteiger partial charge in [0.25, 0.3) is 0 Å². The second-order valence-corrected chi connectivity index (χ2v) is 5.78. The van der Waals surface area contributed by atoms with Gasteiger partial charge >= 0.3 is 0 Å². The van der Waals surface area contributed by atoms with E-state index in [4.69, 9.17) is 10.2 Å². The van der Waals surface area contributed by atoms with Gasteiger partial charge in [0, 0.05) is 27.9 Å². The van der Waals surface area contributed by atoms with Crippen molar-refractivity contribution in [3.63, 3.8) is 0 Å². The van der Waals surface area contributed by atoms with Gasteiger partial charge in [-0.25, -0.2) is 0 Å². The molecule has 0 unspecified atom stereocenters. The number of rotatable bonds is 6. The summed E-state index contributed by atoms with van der Waals surface area (Å²) in [7, 11) is 0. The number of nitrogens with one attached hydrogen (secondary N) is 1. The van der Waals surface area contributed by atoms with E-state index in [0.29, 0.717) is 6.54 Å². The Kier molecular flexibility index (Phi) is 5.22. The highest BCUT2D eigenvalue weighted by atomic mass is 79.9. The second-order valence-electron chi connectivity index (χ2n) is 3.92. The van der Waals surface area contributed by atoms with Crippen LogP contribution in [0.25, 0.3) is 0 Å². The second kappa shape index (κ2) is 5.96. The Labute approximate surface area is 102 Å². The molecule has 1 aromatic rings. The van der Waals surface area contributed by atoms with Crippen LogP contribution in [-0.4, -0.2) is 30.0 Å². The summed E-state index contributed by atoms with van der Waals surface area (Å²) in [5, 5.41) is 23.4. The fraction of sp³-hybridized carbons (Fsp3) is 0.600. The van der Waals surface area contributed by atoms with Crippen LogP contribution in [-0.2, 0) is 6.54 Å². The van der Waals surface area contributed by atoms with E-state index in [2.05, 4.69) is 21.2 Å². The van der Waals surface area contributed by atoms with E-state index < -0.39 is 5.41 Å². The van der Waals surface area contributed by atoms with Crippen molar-refractivity contribution in [1.29, 1.82) is 0 Å². The molecule has 0 atom stereocenters. The summed E-state index contributed by atoms with van der Waals surface area (Å²) in [4.78, 5) is 1.23. The normalized spacial score (nSPS) is 12.0. The standard InChI is InChI=1S/C10H16BrNO2S/c1-10(6-13,7-14)5-12-4-9-8(11)2-3-15-9/h2-3,12-14H,4-7H2,1H3. The Balaban J connectivity index is 2.36. The molecule has 0 aliphatic heterocycles. The molecular formula is C10H16BrNO2S. The minimum atomic E-state index is -0.441. The van der Waals surface area contributed by atoms with E-state index in [1.54, 1.807) is 11.3 Å². The van der Waals surface area contributed by atoms with E-state index in [9.17, 15) is 0 Å². The van der Waals surface area contributed by atoms with Crippen LogP contribution in [0.1, 0.15) is 11.8 Å². The van der Waals surface area contributed by atoms with Crippen LogP contribution >= 0.6 is 27.3 Å². The summed E-state index contributed by atoms with van der Waals surface area (Å²) in [5.74, 6) is 0. The molecule has 0 spiro atoms. The summed E-state index contributed by atoms with van der Waals surface area (Å²) in [6, 6.07) is 2.01. The molecule has 5 heteroatoms. The Morgan fingerprint density at radius 2 is 2.13 bits per heavy atom. The zero-order valence-corrected chi connectivity index (χ0v) is 11.1. The molecule has 1 rings (SSSR count). The first-order valence-corrected chi connectivity index (χ1v) is 6.43. The minimum absolute atomic E-state index is 0.0118. The molecule has 3 nitrogen and oxygen atoms in total. The highest BCUT2D eigenvalue weighted by molar-refractivity contribution is 9.10. The van der Waals surface area contributed by atoms with E-state index in [0.717, 1.165) is 11.0 Å². The lowest BCUT2D eigenvalue weighted by Gasteiger charge is -2.24. The van der Waals surface area contributed by atoms with Gasteiger partial charge in [-0.2, -0.15) is 0 Å². The third-order valence-electron chi connectivity index (χ3n) is 2.29. The fourth-order valence-corrected chi connectivity index (χ4v) is 2.55. The number of hydrogen-bond donors (Lipinski definition) is 3. The van der Waals surface area contributed by atoms with Gasteiger partial charge in [0.05, 0.1) is 13.2 Å². The van der Waals surface area contributed by atoms with Gasteiger partial charge in [-0.05, 0) is 27.4 Å². The predicted molar refractivity (Wildman–Crippen MR) is 66.0 cm³/mol. The average molecular weight is 294 g/mol. The average Bonchev–Trinajstić information content (AvgIpc) is 2.64. The Hall–Kier alpha value is 0.0600. The zero-order chi connectivity index (χ0) is 11.3. The molecule has 0 bridgehead atoms. The Morgan fingerprint density at radius 1 is 1.47 bits per heavy atom. The quantitative estimate of drug-likeness (QED) is 0.747. The number of hydrogen-bond acceptors (Lipinski definition) is 4.